The summed E-state index contributed by atoms with van der Waals surface area (Å²) in [5.41, 5.74) is 0. The van der Waals surface area contributed by atoms with Crippen molar-refractivity contribution < 1.29 is 14.7 Å². The SMILES string of the molecule is CCCC(CNC(=O)NCc1ncn(C)n1)C(=O)O. The second-order valence-corrected chi connectivity index (χ2v) is 4.22. The first-order valence-corrected chi connectivity index (χ1v) is 6.12. The highest BCUT2D eigenvalue weighted by molar-refractivity contribution is 5.75. The van der Waals surface area contributed by atoms with Gasteiger partial charge in [0.25, 0.3) is 0 Å². The molecule has 0 bridgehead atoms. The zero-order valence-electron chi connectivity index (χ0n) is 11.1. The third-order valence-corrected chi connectivity index (χ3v) is 2.55. The third kappa shape index (κ3) is 5.36. The van der Waals surface area contributed by atoms with Crippen LogP contribution in [-0.4, -0.2) is 38.4 Å². The number of aliphatic carboxylic acids is 1. The molecule has 8 heteroatoms. The summed E-state index contributed by atoms with van der Waals surface area (Å²) < 4.78 is 1.54. The van der Waals surface area contributed by atoms with E-state index in [0.717, 1.165) is 6.42 Å². The summed E-state index contributed by atoms with van der Waals surface area (Å²) >= 11 is 0. The van der Waals surface area contributed by atoms with E-state index in [1.807, 2.05) is 6.92 Å². The van der Waals surface area contributed by atoms with Crippen LogP contribution in [0.15, 0.2) is 6.33 Å². The fraction of sp³-hybridized carbons (Fsp3) is 0.636. The number of hydrogen-bond acceptors (Lipinski definition) is 4. The summed E-state index contributed by atoms with van der Waals surface area (Å²) in [6, 6.07) is -0.421. The number of aryl methyl sites for hydroxylation is 1. The molecule has 1 unspecified atom stereocenters. The second-order valence-electron chi connectivity index (χ2n) is 4.22. The Kier molecular flexibility index (Phi) is 5.77. The monoisotopic (exact) mass is 269 g/mol. The van der Waals surface area contributed by atoms with E-state index in [-0.39, 0.29) is 13.1 Å². The van der Waals surface area contributed by atoms with Gasteiger partial charge in [0.05, 0.1) is 12.5 Å². The van der Waals surface area contributed by atoms with Crippen LogP contribution < -0.4 is 10.6 Å². The summed E-state index contributed by atoms with van der Waals surface area (Å²) in [6.45, 7) is 2.23. The summed E-state index contributed by atoms with van der Waals surface area (Å²) in [5.74, 6) is -0.946. The number of aromatic nitrogens is 3. The van der Waals surface area contributed by atoms with E-state index in [1.54, 1.807) is 7.05 Å². The molecule has 0 aliphatic rings. The summed E-state index contributed by atoms with van der Waals surface area (Å²) in [7, 11) is 1.73. The first-order valence-electron chi connectivity index (χ1n) is 6.12. The normalized spacial score (nSPS) is 11.9. The molecule has 0 aromatic carbocycles. The quantitative estimate of drug-likeness (QED) is 0.651. The Labute approximate surface area is 111 Å². The van der Waals surface area contributed by atoms with Crippen LogP contribution in [0.1, 0.15) is 25.6 Å². The molecule has 3 N–H and O–H groups in total. The molecular weight excluding hydrogens is 250 g/mol. The Morgan fingerprint density at radius 3 is 2.74 bits per heavy atom. The Morgan fingerprint density at radius 2 is 2.21 bits per heavy atom. The smallest absolute Gasteiger partial charge is 0.315 e. The molecule has 0 aliphatic heterocycles. The van der Waals surface area contributed by atoms with Gasteiger partial charge in [0.15, 0.2) is 5.82 Å². The van der Waals surface area contributed by atoms with Gasteiger partial charge in [-0.25, -0.2) is 9.78 Å². The van der Waals surface area contributed by atoms with Crippen LogP contribution >= 0.6 is 0 Å². The Hall–Kier alpha value is -2.12. The average molecular weight is 269 g/mol. The highest BCUT2D eigenvalue weighted by Gasteiger charge is 2.17. The van der Waals surface area contributed by atoms with Crippen molar-refractivity contribution in [3.05, 3.63) is 12.2 Å². The highest BCUT2D eigenvalue weighted by atomic mass is 16.4. The van der Waals surface area contributed by atoms with Gasteiger partial charge < -0.3 is 15.7 Å². The van der Waals surface area contributed by atoms with Gasteiger partial charge in [0, 0.05) is 13.6 Å². The number of nitrogens with zero attached hydrogens (tertiary/aromatic N) is 3. The van der Waals surface area contributed by atoms with Gasteiger partial charge in [-0.3, -0.25) is 9.48 Å². The maximum atomic E-state index is 11.5. The van der Waals surface area contributed by atoms with E-state index < -0.39 is 17.9 Å². The summed E-state index contributed by atoms with van der Waals surface area (Å²) in [5, 5.41) is 18.0. The van der Waals surface area contributed by atoms with Crippen LogP contribution in [-0.2, 0) is 18.4 Å². The molecule has 1 aromatic rings. The predicted molar refractivity (Wildman–Crippen MR) is 67.3 cm³/mol. The number of urea groups is 1. The third-order valence-electron chi connectivity index (χ3n) is 2.55. The van der Waals surface area contributed by atoms with Crippen molar-refractivity contribution in [1.29, 1.82) is 0 Å². The maximum absolute atomic E-state index is 11.5. The van der Waals surface area contributed by atoms with Crippen molar-refractivity contribution in [3.63, 3.8) is 0 Å². The van der Waals surface area contributed by atoms with Crippen LogP contribution in [0, 0.1) is 5.92 Å². The molecular formula is C11H19N5O3. The van der Waals surface area contributed by atoms with Crippen LogP contribution in [0.2, 0.25) is 0 Å². The van der Waals surface area contributed by atoms with Crippen LogP contribution in [0.3, 0.4) is 0 Å². The lowest BCUT2D eigenvalue weighted by atomic mass is 10.0. The average Bonchev–Trinajstić information content (AvgIpc) is 2.77. The topological polar surface area (TPSA) is 109 Å². The number of amides is 2. The standard InChI is InChI=1S/C11H19N5O3/c1-3-4-8(10(17)18)5-12-11(19)13-6-9-14-7-16(2)15-9/h7-8H,3-6H2,1-2H3,(H,17,18)(H2,12,13,19). The molecule has 2 amide bonds. The van der Waals surface area contributed by atoms with Crippen molar-refractivity contribution >= 4 is 12.0 Å². The van der Waals surface area contributed by atoms with Crippen molar-refractivity contribution in [3.8, 4) is 0 Å². The molecule has 1 rings (SSSR count). The number of rotatable bonds is 7. The highest BCUT2D eigenvalue weighted by Crippen LogP contribution is 2.04. The zero-order valence-corrected chi connectivity index (χ0v) is 11.1. The number of nitrogens with one attached hydrogen (secondary N) is 2. The Balaban J connectivity index is 2.28. The molecule has 0 spiro atoms. The van der Waals surface area contributed by atoms with Gasteiger partial charge in [-0.05, 0) is 6.42 Å². The molecule has 0 saturated carbocycles. The fourth-order valence-electron chi connectivity index (χ4n) is 1.56. The van der Waals surface area contributed by atoms with Crippen LogP contribution in [0.4, 0.5) is 4.79 Å². The van der Waals surface area contributed by atoms with Crippen molar-refractivity contribution in [1.82, 2.24) is 25.4 Å². The minimum Gasteiger partial charge on any atom is -0.481 e. The van der Waals surface area contributed by atoms with Crippen LogP contribution in [0.5, 0.6) is 0 Å². The van der Waals surface area contributed by atoms with Crippen molar-refractivity contribution in [2.75, 3.05) is 6.54 Å². The van der Waals surface area contributed by atoms with Crippen LogP contribution in [0.25, 0.3) is 0 Å². The first kappa shape index (κ1) is 14.9. The van der Waals surface area contributed by atoms with Gasteiger partial charge in [0.1, 0.15) is 6.33 Å². The first-order chi connectivity index (χ1) is 9.02. The predicted octanol–water partition coefficient (Wildman–Crippen LogP) is 0.115. The maximum Gasteiger partial charge on any atom is 0.315 e. The minimum atomic E-state index is -0.895. The lowest BCUT2D eigenvalue weighted by Crippen LogP contribution is -2.39. The molecule has 0 saturated heterocycles. The van der Waals surface area contributed by atoms with Crippen molar-refractivity contribution in [2.45, 2.75) is 26.3 Å². The summed E-state index contributed by atoms with van der Waals surface area (Å²) in [6.07, 6.45) is 2.84. The molecule has 106 valence electrons. The fourth-order valence-corrected chi connectivity index (χ4v) is 1.56. The second kappa shape index (κ2) is 7.34. The number of carbonyl (C=O) groups is 2. The van der Waals surface area contributed by atoms with Gasteiger partial charge >= 0.3 is 12.0 Å². The molecule has 8 nitrogen and oxygen atoms in total. The number of hydrogen-bond donors (Lipinski definition) is 3. The van der Waals surface area contributed by atoms with E-state index in [2.05, 4.69) is 20.7 Å². The Bertz CT molecular complexity index is 432. The molecule has 1 heterocycles. The van der Waals surface area contributed by atoms with Gasteiger partial charge in [-0.15, -0.1) is 0 Å². The Morgan fingerprint density at radius 1 is 1.47 bits per heavy atom. The number of carbonyl (C=O) groups excluding carboxylic acids is 1. The van der Waals surface area contributed by atoms with E-state index in [1.165, 1.54) is 11.0 Å². The summed E-state index contributed by atoms with van der Waals surface area (Å²) in [4.78, 5) is 26.3. The molecule has 1 atom stereocenters. The number of carboxylic acid groups (broad SMARTS) is 1. The van der Waals surface area contributed by atoms with E-state index >= 15 is 0 Å². The molecule has 0 radical (unpaired) electrons. The van der Waals surface area contributed by atoms with Gasteiger partial charge in [0.2, 0.25) is 0 Å². The number of carboxylic acids is 1. The molecule has 1 aromatic heterocycles. The lowest BCUT2D eigenvalue weighted by molar-refractivity contribution is -0.141. The van der Waals surface area contributed by atoms with Gasteiger partial charge in [-0.1, -0.05) is 13.3 Å². The van der Waals surface area contributed by atoms with E-state index in [4.69, 9.17) is 5.11 Å². The molecule has 19 heavy (non-hydrogen) atoms. The van der Waals surface area contributed by atoms with Gasteiger partial charge in [-0.2, -0.15) is 5.10 Å². The van der Waals surface area contributed by atoms with Crippen molar-refractivity contribution in [2.24, 2.45) is 13.0 Å². The minimum absolute atomic E-state index is 0.116. The van der Waals surface area contributed by atoms with E-state index in [0.29, 0.717) is 12.2 Å². The van der Waals surface area contributed by atoms with E-state index in [9.17, 15) is 9.59 Å². The molecule has 0 fully saturated rings. The zero-order chi connectivity index (χ0) is 14.3. The lowest BCUT2D eigenvalue weighted by Gasteiger charge is -2.12. The largest absolute Gasteiger partial charge is 0.481 e. The molecule has 0 aliphatic carbocycles.